The number of hydrogen-bond donors (Lipinski definition) is 1. The van der Waals surface area contributed by atoms with Crippen LogP contribution in [0, 0.1) is 11.3 Å². The highest BCUT2D eigenvalue weighted by atomic mass is 32.2. The van der Waals surface area contributed by atoms with Gasteiger partial charge in [-0.15, -0.1) is 11.3 Å². The van der Waals surface area contributed by atoms with Crippen LogP contribution in [0.1, 0.15) is 20.0 Å². The Morgan fingerprint density at radius 1 is 1.19 bits per heavy atom. The van der Waals surface area contributed by atoms with E-state index in [1.165, 1.54) is 39.5 Å². The Bertz CT molecular complexity index is 1630. The van der Waals surface area contributed by atoms with E-state index in [0.717, 1.165) is 10.9 Å². The number of hydrogen-bond acceptors (Lipinski definition) is 7. The van der Waals surface area contributed by atoms with Crippen LogP contribution in [-0.2, 0) is 19.6 Å². The van der Waals surface area contributed by atoms with Gasteiger partial charge in [-0.05, 0) is 37.3 Å². The molecule has 12 heteroatoms. The SMILES string of the molecule is CC(C(=O)N1CCN(c2ccc(S(=O)(=O)Nc3nccs3)cc2)C(=O)C1)n1cc(C#N)c2ccccc21.[HH]. The van der Waals surface area contributed by atoms with Crippen molar-refractivity contribution in [2.45, 2.75) is 17.9 Å². The molecule has 1 unspecified atom stereocenters. The van der Waals surface area contributed by atoms with E-state index in [9.17, 15) is 23.3 Å². The van der Waals surface area contributed by atoms with Gasteiger partial charge < -0.3 is 14.4 Å². The second kappa shape index (κ2) is 9.68. The molecule has 5 rings (SSSR count). The summed E-state index contributed by atoms with van der Waals surface area (Å²) < 4.78 is 29.3. The Kier molecular flexibility index (Phi) is 6.41. The number of benzene rings is 2. The lowest BCUT2D eigenvalue weighted by Gasteiger charge is -2.35. The van der Waals surface area contributed by atoms with Crippen molar-refractivity contribution in [3.8, 4) is 6.07 Å². The van der Waals surface area contributed by atoms with E-state index in [1.807, 2.05) is 24.3 Å². The standard InChI is InChI=1S/C25H22N6O4S2.H2/c1-17(31-15-18(14-26)21-4-2-3-5-22(21)31)24(33)29-11-12-30(23(32)16-29)19-6-8-20(9-7-19)37(34,35)28-25-27-10-13-36-25;/h2-10,13,15,17H,11-12,16H2,1H3,(H,27,28);1H. The first kappa shape index (κ1) is 24.5. The van der Waals surface area contributed by atoms with Gasteiger partial charge in [-0.3, -0.25) is 14.3 Å². The summed E-state index contributed by atoms with van der Waals surface area (Å²) in [7, 11) is -3.80. The maximum atomic E-state index is 13.3. The molecule has 1 saturated heterocycles. The van der Waals surface area contributed by atoms with Gasteiger partial charge in [0.05, 0.1) is 16.0 Å². The van der Waals surface area contributed by atoms with E-state index in [0.29, 0.717) is 17.8 Å². The summed E-state index contributed by atoms with van der Waals surface area (Å²) >= 11 is 1.17. The summed E-state index contributed by atoms with van der Waals surface area (Å²) in [6.45, 7) is 2.26. The number of sulfonamides is 1. The first-order valence-electron chi connectivity index (χ1n) is 11.4. The number of carbonyl (C=O) groups excluding carboxylic acids is 2. The van der Waals surface area contributed by atoms with Gasteiger partial charge in [-0.1, -0.05) is 18.2 Å². The zero-order valence-electron chi connectivity index (χ0n) is 19.7. The molecule has 4 aromatic rings. The van der Waals surface area contributed by atoms with Crippen LogP contribution in [-0.4, -0.2) is 54.3 Å². The molecule has 1 fully saturated rings. The van der Waals surface area contributed by atoms with Crippen LogP contribution in [0.2, 0.25) is 0 Å². The molecule has 1 atom stereocenters. The van der Waals surface area contributed by atoms with Crippen molar-refractivity contribution >= 4 is 54.9 Å². The Labute approximate surface area is 218 Å². The zero-order valence-corrected chi connectivity index (χ0v) is 21.4. The minimum absolute atomic E-state index is 0. The number of rotatable bonds is 6. The quantitative estimate of drug-likeness (QED) is 0.402. The number of piperazine rings is 1. The highest BCUT2D eigenvalue weighted by Crippen LogP contribution is 2.27. The van der Waals surface area contributed by atoms with E-state index < -0.39 is 16.1 Å². The highest BCUT2D eigenvalue weighted by molar-refractivity contribution is 7.93. The molecule has 37 heavy (non-hydrogen) atoms. The Balaban J connectivity index is 0.00000336. The van der Waals surface area contributed by atoms with Gasteiger partial charge in [-0.25, -0.2) is 13.4 Å². The van der Waals surface area contributed by atoms with Gasteiger partial charge in [0, 0.05) is 43.4 Å². The molecule has 0 spiro atoms. The molecule has 190 valence electrons. The molecule has 1 N–H and O–H groups in total. The van der Waals surface area contributed by atoms with E-state index >= 15 is 0 Å². The number of fused-ring (bicyclic) bond motifs is 1. The molecule has 2 aromatic heterocycles. The predicted molar refractivity (Wildman–Crippen MR) is 142 cm³/mol. The van der Waals surface area contributed by atoms with E-state index in [4.69, 9.17) is 0 Å². The fourth-order valence-corrected chi connectivity index (χ4v) is 6.17. The smallest absolute Gasteiger partial charge is 0.263 e. The number of amides is 2. The summed E-state index contributed by atoms with van der Waals surface area (Å²) in [5.41, 5.74) is 1.82. The van der Waals surface area contributed by atoms with Crippen molar-refractivity contribution in [1.82, 2.24) is 14.5 Å². The second-order valence-corrected chi connectivity index (χ2v) is 11.1. The molecular formula is C25H24N6O4S2. The normalized spacial score (nSPS) is 15.0. The Morgan fingerprint density at radius 3 is 2.62 bits per heavy atom. The van der Waals surface area contributed by atoms with E-state index in [2.05, 4.69) is 15.8 Å². The second-order valence-electron chi connectivity index (χ2n) is 8.50. The maximum Gasteiger partial charge on any atom is 0.263 e. The van der Waals surface area contributed by atoms with Crippen LogP contribution >= 0.6 is 11.3 Å². The molecule has 3 heterocycles. The number of para-hydroxylation sites is 1. The van der Waals surface area contributed by atoms with Gasteiger partial charge in [0.15, 0.2) is 5.13 Å². The van der Waals surface area contributed by atoms with Crippen LogP contribution in [0.4, 0.5) is 10.8 Å². The molecule has 2 amide bonds. The van der Waals surface area contributed by atoms with Gasteiger partial charge in [0.25, 0.3) is 10.0 Å². The largest absolute Gasteiger partial charge is 0.334 e. The average molecular weight is 537 g/mol. The van der Waals surface area contributed by atoms with E-state index in [-0.39, 0.29) is 36.4 Å². The number of anilines is 2. The maximum absolute atomic E-state index is 13.3. The van der Waals surface area contributed by atoms with Crippen LogP contribution < -0.4 is 9.62 Å². The summed E-state index contributed by atoms with van der Waals surface area (Å²) in [5, 5.41) is 12.2. The molecule has 0 bridgehead atoms. The summed E-state index contributed by atoms with van der Waals surface area (Å²) in [6, 6.07) is 15.0. The molecule has 1 aliphatic heterocycles. The monoisotopic (exact) mass is 536 g/mol. The van der Waals surface area contributed by atoms with Gasteiger partial charge in [0.1, 0.15) is 18.7 Å². The Morgan fingerprint density at radius 2 is 1.95 bits per heavy atom. The number of nitrogens with zero attached hydrogens (tertiary/aromatic N) is 5. The van der Waals surface area contributed by atoms with Crippen molar-refractivity contribution in [2.24, 2.45) is 0 Å². The molecule has 1 aliphatic rings. The minimum Gasteiger partial charge on any atom is -0.334 e. The summed E-state index contributed by atoms with van der Waals surface area (Å²) in [4.78, 5) is 33.3. The molecule has 0 saturated carbocycles. The molecule has 0 aliphatic carbocycles. The summed E-state index contributed by atoms with van der Waals surface area (Å²) in [5.74, 6) is -0.480. The minimum atomic E-state index is -3.80. The van der Waals surface area contributed by atoms with Crippen LogP contribution in [0.25, 0.3) is 10.9 Å². The molecule has 2 aromatic carbocycles. The van der Waals surface area contributed by atoms with Crippen molar-refractivity contribution in [3.63, 3.8) is 0 Å². The van der Waals surface area contributed by atoms with Crippen molar-refractivity contribution in [2.75, 3.05) is 29.3 Å². The zero-order chi connectivity index (χ0) is 26.2. The third-order valence-electron chi connectivity index (χ3n) is 6.28. The number of thiazole rings is 1. The number of nitriles is 1. The van der Waals surface area contributed by atoms with Gasteiger partial charge >= 0.3 is 0 Å². The molecular weight excluding hydrogens is 512 g/mol. The highest BCUT2D eigenvalue weighted by Gasteiger charge is 2.31. The lowest BCUT2D eigenvalue weighted by molar-refractivity contribution is -0.139. The first-order valence-corrected chi connectivity index (χ1v) is 13.8. The fourth-order valence-electron chi connectivity index (χ4n) is 4.38. The summed E-state index contributed by atoms with van der Waals surface area (Å²) in [6.07, 6.45) is 3.18. The molecule has 0 radical (unpaired) electrons. The number of aromatic nitrogens is 2. The first-order chi connectivity index (χ1) is 17.8. The van der Waals surface area contributed by atoms with Gasteiger partial charge in [0.2, 0.25) is 11.8 Å². The average Bonchev–Trinajstić information content (AvgIpc) is 3.55. The lowest BCUT2D eigenvalue weighted by Crippen LogP contribution is -2.53. The Hall–Kier alpha value is -4.21. The van der Waals surface area contributed by atoms with Gasteiger partial charge in [-0.2, -0.15) is 5.26 Å². The topological polar surface area (TPSA) is 128 Å². The number of nitrogens with one attached hydrogen (secondary N) is 1. The lowest BCUT2D eigenvalue weighted by atomic mass is 10.2. The van der Waals surface area contributed by atoms with Crippen LogP contribution in [0.3, 0.4) is 0 Å². The van der Waals surface area contributed by atoms with Crippen molar-refractivity contribution < 1.29 is 19.4 Å². The molecule has 10 nitrogen and oxygen atoms in total. The third-order valence-corrected chi connectivity index (χ3v) is 8.45. The van der Waals surface area contributed by atoms with Crippen LogP contribution in [0.15, 0.2) is 71.2 Å². The van der Waals surface area contributed by atoms with E-state index in [1.54, 1.807) is 35.2 Å². The predicted octanol–water partition coefficient (Wildman–Crippen LogP) is 3.45. The van der Waals surface area contributed by atoms with Crippen molar-refractivity contribution in [1.29, 1.82) is 5.26 Å². The number of carbonyl (C=O) groups is 2. The van der Waals surface area contributed by atoms with Crippen LogP contribution in [0.5, 0.6) is 0 Å². The fraction of sp³-hybridized carbons (Fsp3) is 0.200. The third kappa shape index (κ3) is 4.66. The van der Waals surface area contributed by atoms with Crippen molar-refractivity contribution in [3.05, 3.63) is 71.9 Å².